The van der Waals surface area contributed by atoms with Gasteiger partial charge in [-0.3, -0.25) is 4.79 Å². The van der Waals surface area contributed by atoms with Crippen LogP contribution in [0.1, 0.15) is 48.8 Å². The first-order chi connectivity index (χ1) is 13.6. The lowest BCUT2D eigenvalue weighted by molar-refractivity contribution is -0.122. The van der Waals surface area contributed by atoms with Crippen LogP contribution in [0.3, 0.4) is 0 Å². The van der Waals surface area contributed by atoms with E-state index in [1.54, 1.807) is 6.07 Å². The summed E-state index contributed by atoms with van der Waals surface area (Å²) in [7, 11) is 0. The van der Waals surface area contributed by atoms with E-state index in [-0.39, 0.29) is 23.6 Å². The van der Waals surface area contributed by atoms with Crippen LogP contribution in [0, 0.1) is 5.82 Å². The van der Waals surface area contributed by atoms with Gasteiger partial charge in [-0.2, -0.15) is 0 Å². The van der Waals surface area contributed by atoms with Crippen molar-refractivity contribution >= 4 is 5.91 Å². The van der Waals surface area contributed by atoms with Gasteiger partial charge in [0.15, 0.2) is 0 Å². The molecule has 3 rings (SSSR count). The maximum absolute atomic E-state index is 13.4. The van der Waals surface area contributed by atoms with Crippen LogP contribution in [0.4, 0.5) is 4.39 Å². The third-order valence-electron chi connectivity index (χ3n) is 5.08. The van der Waals surface area contributed by atoms with Gasteiger partial charge in [-0.25, -0.2) is 4.39 Å². The molecule has 1 atom stereocenters. The number of aryl methyl sites for hydroxylation is 1. The molecule has 0 aliphatic heterocycles. The van der Waals surface area contributed by atoms with E-state index in [1.165, 1.54) is 17.7 Å². The minimum Gasteiger partial charge on any atom is -0.491 e. The number of ether oxygens (including phenoxy) is 2. The van der Waals surface area contributed by atoms with E-state index in [1.807, 2.05) is 32.0 Å². The van der Waals surface area contributed by atoms with Crippen LogP contribution in [-0.4, -0.2) is 32.3 Å². The Labute approximate surface area is 166 Å². The third kappa shape index (κ3) is 5.10. The number of carbonyl (C=O) groups excluding carboxylic acids is 1. The zero-order valence-electron chi connectivity index (χ0n) is 16.5. The molecule has 5 heteroatoms. The van der Waals surface area contributed by atoms with Crippen LogP contribution in [0.25, 0.3) is 0 Å². The Morgan fingerprint density at radius 1 is 1.18 bits per heavy atom. The molecule has 1 N–H and O–H groups in total. The van der Waals surface area contributed by atoms with Crippen LogP contribution in [0.2, 0.25) is 0 Å². The number of nitrogens with one attached hydrogen (secondary N) is 1. The van der Waals surface area contributed by atoms with E-state index in [0.717, 1.165) is 24.0 Å². The van der Waals surface area contributed by atoms with Gasteiger partial charge in [-0.15, -0.1) is 0 Å². The zero-order valence-corrected chi connectivity index (χ0v) is 16.5. The molecule has 28 heavy (non-hydrogen) atoms. The number of halogens is 1. The van der Waals surface area contributed by atoms with Crippen molar-refractivity contribution in [3.8, 4) is 5.75 Å². The minimum absolute atomic E-state index is 0.0537. The first kappa shape index (κ1) is 20.3. The number of rotatable bonds is 9. The van der Waals surface area contributed by atoms with E-state index in [2.05, 4.69) is 11.4 Å². The molecule has 1 unspecified atom stereocenters. The number of carbonyl (C=O) groups is 1. The average Bonchev–Trinajstić information content (AvgIpc) is 3.11. The number of fused-ring (bicyclic) bond motifs is 1. The third-order valence-corrected chi connectivity index (χ3v) is 5.08. The molecule has 0 bridgehead atoms. The van der Waals surface area contributed by atoms with Crippen molar-refractivity contribution in [1.29, 1.82) is 0 Å². The highest BCUT2D eigenvalue weighted by Crippen LogP contribution is 2.32. The number of amides is 1. The van der Waals surface area contributed by atoms with Crippen molar-refractivity contribution < 1.29 is 18.7 Å². The van der Waals surface area contributed by atoms with Gasteiger partial charge in [0, 0.05) is 12.6 Å². The lowest BCUT2D eigenvalue weighted by atomic mass is 10.0. The molecule has 0 aromatic heterocycles. The van der Waals surface area contributed by atoms with E-state index < -0.39 is 0 Å². The molecule has 0 heterocycles. The van der Waals surface area contributed by atoms with Crippen LogP contribution in [-0.2, 0) is 16.0 Å². The van der Waals surface area contributed by atoms with Gasteiger partial charge in [0.2, 0.25) is 5.91 Å². The summed E-state index contributed by atoms with van der Waals surface area (Å²) in [6, 6.07) is 12.7. The maximum Gasteiger partial charge on any atom is 0.227 e. The molecule has 2 aromatic carbocycles. The fraction of sp³-hybridized carbons (Fsp3) is 0.435. The second-order valence-electron chi connectivity index (χ2n) is 7.38. The minimum atomic E-state index is -0.309. The van der Waals surface area contributed by atoms with Crippen molar-refractivity contribution in [3.63, 3.8) is 0 Å². The first-order valence-electron chi connectivity index (χ1n) is 9.91. The van der Waals surface area contributed by atoms with Crippen molar-refractivity contribution in [2.75, 3.05) is 26.4 Å². The van der Waals surface area contributed by atoms with Crippen molar-refractivity contribution in [2.45, 2.75) is 38.5 Å². The Balaban J connectivity index is 1.34. The Morgan fingerprint density at radius 2 is 2.00 bits per heavy atom. The second-order valence-corrected chi connectivity index (χ2v) is 7.38. The van der Waals surface area contributed by atoms with Crippen molar-refractivity contribution in [3.05, 3.63) is 65.0 Å². The number of hydrogen-bond donors (Lipinski definition) is 1. The summed E-state index contributed by atoms with van der Waals surface area (Å²) in [6.07, 6.45) is 1.83. The highest BCUT2D eigenvalue weighted by Gasteiger charge is 2.27. The standard InChI is InChI=1S/C23H28FNO3/c1-16(2)19-10-8-18(24)15-22(19)28-14-13-27-12-11-25-23(26)21-9-7-17-5-3-4-6-20(17)21/h3-6,8,10,15-16,21H,7,9,11-14H2,1-2H3,(H,25,26). The average molecular weight is 385 g/mol. The molecule has 4 nitrogen and oxygen atoms in total. The monoisotopic (exact) mass is 385 g/mol. The Morgan fingerprint density at radius 3 is 2.82 bits per heavy atom. The van der Waals surface area contributed by atoms with Gasteiger partial charge >= 0.3 is 0 Å². The summed E-state index contributed by atoms with van der Waals surface area (Å²) in [5.74, 6) is 0.517. The van der Waals surface area contributed by atoms with Gasteiger partial charge in [0.05, 0.1) is 19.1 Å². The Kier molecular flexibility index (Phi) is 7.04. The predicted molar refractivity (Wildman–Crippen MR) is 107 cm³/mol. The number of benzene rings is 2. The molecular weight excluding hydrogens is 357 g/mol. The maximum atomic E-state index is 13.4. The van der Waals surface area contributed by atoms with Crippen LogP contribution < -0.4 is 10.1 Å². The highest BCUT2D eigenvalue weighted by molar-refractivity contribution is 5.84. The summed E-state index contributed by atoms with van der Waals surface area (Å²) in [5, 5.41) is 2.95. The molecular formula is C23H28FNO3. The normalized spacial score (nSPS) is 15.5. The molecule has 0 spiro atoms. The molecule has 0 radical (unpaired) electrons. The van der Waals surface area contributed by atoms with E-state index in [4.69, 9.17) is 9.47 Å². The fourth-order valence-corrected chi connectivity index (χ4v) is 3.62. The summed E-state index contributed by atoms with van der Waals surface area (Å²) >= 11 is 0. The molecule has 0 saturated heterocycles. The Hall–Kier alpha value is -2.40. The quantitative estimate of drug-likeness (QED) is 0.659. The van der Waals surface area contributed by atoms with Gasteiger partial charge < -0.3 is 14.8 Å². The summed E-state index contributed by atoms with van der Waals surface area (Å²) in [5.41, 5.74) is 3.39. The fourth-order valence-electron chi connectivity index (χ4n) is 3.62. The van der Waals surface area contributed by atoms with Crippen molar-refractivity contribution in [2.24, 2.45) is 0 Å². The summed E-state index contributed by atoms with van der Waals surface area (Å²) in [4.78, 5) is 12.4. The zero-order chi connectivity index (χ0) is 19.9. The van der Waals surface area contributed by atoms with Gasteiger partial charge in [0.25, 0.3) is 0 Å². The molecule has 1 aliphatic rings. The predicted octanol–water partition coefficient (Wildman–Crippen LogP) is 4.19. The van der Waals surface area contributed by atoms with E-state index in [0.29, 0.717) is 32.1 Å². The lowest BCUT2D eigenvalue weighted by Gasteiger charge is -2.15. The first-order valence-corrected chi connectivity index (χ1v) is 9.91. The summed E-state index contributed by atoms with van der Waals surface area (Å²) in [6.45, 7) is 5.70. The SMILES string of the molecule is CC(C)c1ccc(F)cc1OCCOCCNC(=O)C1CCc2ccccc21. The van der Waals surface area contributed by atoms with E-state index >= 15 is 0 Å². The summed E-state index contributed by atoms with van der Waals surface area (Å²) < 4.78 is 24.6. The Bertz CT molecular complexity index is 806. The molecule has 0 saturated carbocycles. The van der Waals surface area contributed by atoms with Crippen LogP contribution >= 0.6 is 0 Å². The smallest absolute Gasteiger partial charge is 0.227 e. The second kappa shape index (κ2) is 9.69. The molecule has 1 amide bonds. The molecule has 1 aliphatic carbocycles. The van der Waals surface area contributed by atoms with Gasteiger partial charge in [-0.05, 0) is 41.5 Å². The van der Waals surface area contributed by atoms with Crippen LogP contribution in [0.5, 0.6) is 5.75 Å². The van der Waals surface area contributed by atoms with E-state index in [9.17, 15) is 9.18 Å². The van der Waals surface area contributed by atoms with Crippen LogP contribution in [0.15, 0.2) is 42.5 Å². The molecule has 2 aromatic rings. The topological polar surface area (TPSA) is 47.6 Å². The highest BCUT2D eigenvalue weighted by atomic mass is 19.1. The largest absolute Gasteiger partial charge is 0.491 e. The molecule has 0 fully saturated rings. The van der Waals surface area contributed by atoms with Crippen molar-refractivity contribution in [1.82, 2.24) is 5.32 Å². The van der Waals surface area contributed by atoms with Gasteiger partial charge in [-0.1, -0.05) is 44.2 Å². The van der Waals surface area contributed by atoms with Gasteiger partial charge in [0.1, 0.15) is 18.2 Å². The lowest BCUT2D eigenvalue weighted by Crippen LogP contribution is -2.31. The molecule has 150 valence electrons. The number of hydrogen-bond acceptors (Lipinski definition) is 3.